The average molecular weight is 430 g/mol. The molecule has 1 atom stereocenters. The summed E-state index contributed by atoms with van der Waals surface area (Å²) in [5, 5.41) is 3.56. The van der Waals surface area contributed by atoms with Gasteiger partial charge in [0.05, 0.1) is 0 Å². The van der Waals surface area contributed by atoms with Crippen LogP contribution in [0.5, 0.6) is 5.75 Å². The van der Waals surface area contributed by atoms with E-state index in [0.717, 1.165) is 25.4 Å². The van der Waals surface area contributed by atoms with Gasteiger partial charge in [-0.05, 0) is 90.9 Å². The van der Waals surface area contributed by atoms with Gasteiger partial charge in [0.15, 0.2) is 6.10 Å². The number of benzene rings is 2. The van der Waals surface area contributed by atoms with Crippen molar-refractivity contribution in [1.29, 1.82) is 0 Å². The minimum Gasteiger partial charge on any atom is -0.481 e. The van der Waals surface area contributed by atoms with Gasteiger partial charge >= 0.3 is 0 Å². The molecule has 1 amide bonds. The van der Waals surface area contributed by atoms with Crippen LogP contribution in [0.3, 0.4) is 0 Å². The Morgan fingerprint density at radius 3 is 2.27 bits per heavy atom. The van der Waals surface area contributed by atoms with E-state index in [9.17, 15) is 4.79 Å². The topological polar surface area (TPSA) is 38.3 Å². The fourth-order valence-electron chi connectivity index (χ4n) is 2.01. The molecule has 0 saturated heterocycles. The number of carbonyl (C=O) groups is 1. The lowest BCUT2D eigenvalue weighted by Gasteiger charge is -2.16. The highest BCUT2D eigenvalue weighted by Gasteiger charge is 2.15. The van der Waals surface area contributed by atoms with Crippen molar-refractivity contribution in [2.45, 2.75) is 26.9 Å². The van der Waals surface area contributed by atoms with E-state index in [1.54, 1.807) is 6.92 Å². The fraction of sp³-hybridized carbons (Fsp3) is 0.235. The Balaban J connectivity index is 2.03. The number of carbonyl (C=O) groups excluding carboxylic acids is 1. The van der Waals surface area contributed by atoms with Crippen LogP contribution in [0.4, 0.5) is 5.69 Å². The molecule has 2 aromatic carbocycles. The molecule has 0 fully saturated rings. The Kier molecular flexibility index (Phi) is 5.69. The van der Waals surface area contributed by atoms with Crippen molar-refractivity contribution in [3.8, 4) is 5.75 Å². The molecular weight excluding hydrogens is 413 g/mol. The monoisotopic (exact) mass is 429 g/mol. The van der Waals surface area contributed by atoms with Crippen LogP contribution in [-0.4, -0.2) is 12.0 Å². The van der Waals surface area contributed by atoms with Crippen LogP contribution in [0.15, 0.2) is 36.4 Å². The highest BCUT2D eigenvalue weighted by molar-refractivity contribution is 14.1. The summed E-state index contributed by atoms with van der Waals surface area (Å²) in [5.74, 6) is 0.455. The summed E-state index contributed by atoms with van der Waals surface area (Å²) in [6.45, 7) is 5.55. The minimum atomic E-state index is -0.598. The van der Waals surface area contributed by atoms with Gasteiger partial charge in [-0.3, -0.25) is 4.79 Å². The van der Waals surface area contributed by atoms with Gasteiger partial charge in [-0.1, -0.05) is 11.6 Å². The van der Waals surface area contributed by atoms with E-state index in [4.69, 9.17) is 16.3 Å². The van der Waals surface area contributed by atoms with E-state index in [2.05, 4.69) is 27.9 Å². The van der Waals surface area contributed by atoms with E-state index < -0.39 is 6.10 Å². The van der Waals surface area contributed by atoms with Gasteiger partial charge in [-0.15, -0.1) is 0 Å². The van der Waals surface area contributed by atoms with E-state index in [0.29, 0.717) is 5.75 Å². The van der Waals surface area contributed by atoms with Crippen LogP contribution in [0.1, 0.15) is 18.1 Å². The molecule has 0 aromatic heterocycles. The Bertz CT molecular complexity index is 663. The fourth-order valence-corrected chi connectivity index (χ4v) is 2.48. The second-order valence-corrected chi connectivity index (χ2v) is 6.75. The maximum absolute atomic E-state index is 12.2. The SMILES string of the molecule is Cc1cc(O[C@@H](C)C(=O)Nc2ccc(I)cc2)cc(C)c1Cl. The standard InChI is InChI=1S/C17H17ClINO2/c1-10-8-15(9-11(2)16(10)18)22-12(3)17(21)20-14-6-4-13(19)5-7-14/h4-9,12H,1-3H3,(H,20,21)/t12-/m0/s1. The molecule has 1 N–H and O–H groups in total. The van der Waals surface area contributed by atoms with Gasteiger partial charge in [0.25, 0.3) is 5.91 Å². The predicted octanol–water partition coefficient (Wildman–Crippen LogP) is 4.97. The zero-order chi connectivity index (χ0) is 16.3. The molecule has 0 aliphatic heterocycles. The second-order valence-electron chi connectivity index (χ2n) is 5.13. The summed E-state index contributed by atoms with van der Waals surface area (Å²) < 4.78 is 6.83. The van der Waals surface area contributed by atoms with Crippen LogP contribution in [0.25, 0.3) is 0 Å². The van der Waals surface area contributed by atoms with Gasteiger partial charge in [0, 0.05) is 14.3 Å². The molecule has 0 aliphatic carbocycles. The third-order valence-electron chi connectivity index (χ3n) is 3.20. The largest absolute Gasteiger partial charge is 0.481 e. The Morgan fingerprint density at radius 2 is 1.73 bits per heavy atom. The molecule has 0 spiro atoms. The molecule has 0 radical (unpaired) electrons. The number of ether oxygens (including phenoxy) is 1. The molecule has 3 nitrogen and oxygen atoms in total. The normalized spacial score (nSPS) is 11.9. The van der Waals surface area contributed by atoms with E-state index in [1.807, 2.05) is 50.2 Å². The first-order valence-corrected chi connectivity index (χ1v) is 8.32. The number of hydrogen-bond acceptors (Lipinski definition) is 2. The molecule has 2 rings (SSSR count). The number of aryl methyl sites for hydroxylation is 2. The maximum Gasteiger partial charge on any atom is 0.265 e. The summed E-state index contributed by atoms with van der Waals surface area (Å²) >= 11 is 8.35. The summed E-state index contributed by atoms with van der Waals surface area (Å²) in [6.07, 6.45) is -0.598. The molecule has 0 bridgehead atoms. The minimum absolute atomic E-state index is 0.188. The zero-order valence-corrected chi connectivity index (χ0v) is 15.5. The number of nitrogens with one attached hydrogen (secondary N) is 1. The van der Waals surface area contributed by atoms with Gasteiger partial charge < -0.3 is 10.1 Å². The number of halogens is 2. The molecule has 0 saturated carbocycles. The second kappa shape index (κ2) is 7.33. The van der Waals surface area contributed by atoms with Crippen molar-refractivity contribution in [3.05, 3.63) is 56.1 Å². The third-order valence-corrected chi connectivity index (χ3v) is 4.52. The van der Waals surface area contributed by atoms with E-state index >= 15 is 0 Å². The van der Waals surface area contributed by atoms with Crippen molar-refractivity contribution in [3.63, 3.8) is 0 Å². The number of amides is 1. The van der Waals surface area contributed by atoms with Crippen LogP contribution in [0, 0.1) is 17.4 Å². The van der Waals surface area contributed by atoms with E-state index in [-0.39, 0.29) is 5.91 Å². The first kappa shape index (κ1) is 17.1. The molecule has 0 unspecified atom stereocenters. The van der Waals surface area contributed by atoms with Gasteiger partial charge in [0.2, 0.25) is 0 Å². The highest BCUT2D eigenvalue weighted by Crippen LogP contribution is 2.26. The van der Waals surface area contributed by atoms with Gasteiger partial charge in [-0.25, -0.2) is 0 Å². The predicted molar refractivity (Wildman–Crippen MR) is 98.8 cm³/mol. The van der Waals surface area contributed by atoms with Crippen LogP contribution >= 0.6 is 34.2 Å². The third kappa shape index (κ3) is 4.36. The summed E-state index contributed by atoms with van der Waals surface area (Å²) in [6, 6.07) is 11.3. The quantitative estimate of drug-likeness (QED) is 0.697. The van der Waals surface area contributed by atoms with Crippen molar-refractivity contribution in [2.24, 2.45) is 0 Å². The Labute approximate surface area is 149 Å². The van der Waals surface area contributed by atoms with Gasteiger partial charge in [0.1, 0.15) is 5.75 Å². The molecule has 116 valence electrons. The number of anilines is 1. The summed E-state index contributed by atoms with van der Waals surface area (Å²) in [5.41, 5.74) is 2.62. The number of rotatable bonds is 4. The van der Waals surface area contributed by atoms with Gasteiger partial charge in [-0.2, -0.15) is 0 Å². The molecule has 0 heterocycles. The first-order valence-electron chi connectivity index (χ1n) is 6.86. The van der Waals surface area contributed by atoms with E-state index in [1.165, 1.54) is 0 Å². The molecule has 2 aromatic rings. The molecule has 22 heavy (non-hydrogen) atoms. The summed E-state index contributed by atoms with van der Waals surface area (Å²) in [4.78, 5) is 12.2. The molecular formula is C17H17ClINO2. The van der Waals surface area contributed by atoms with Crippen molar-refractivity contribution in [1.82, 2.24) is 0 Å². The smallest absolute Gasteiger partial charge is 0.265 e. The van der Waals surface area contributed by atoms with Crippen LogP contribution < -0.4 is 10.1 Å². The lowest BCUT2D eigenvalue weighted by molar-refractivity contribution is -0.122. The Hall–Kier alpha value is -1.27. The average Bonchev–Trinajstić information content (AvgIpc) is 2.47. The lowest BCUT2D eigenvalue weighted by Crippen LogP contribution is -2.30. The van der Waals surface area contributed by atoms with Crippen molar-refractivity contribution in [2.75, 3.05) is 5.32 Å². The lowest BCUT2D eigenvalue weighted by atomic mass is 10.1. The molecule has 0 aliphatic rings. The summed E-state index contributed by atoms with van der Waals surface area (Å²) in [7, 11) is 0. The van der Waals surface area contributed by atoms with Crippen LogP contribution in [-0.2, 0) is 4.79 Å². The first-order chi connectivity index (χ1) is 10.4. The highest BCUT2D eigenvalue weighted by atomic mass is 127. The van der Waals surface area contributed by atoms with Crippen molar-refractivity contribution < 1.29 is 9.53 Å². The number of hydrogen-bond donors (Lipinski definition) is 1. The van der Waals surface area contributed by atoms with Crippen LogP contribution in [0.2, 0.25) is 5.02 Å². The van der Waals surface area contributed by atoms with Crippen molar-refractivity contribution >= 4 is 45.8 Å². The maximum atomic E-state index is 12.2. The molecule has 5 heteroatoms. The zero-order valence-electron chi connectivity index (χ0n) is 12.6. The Morgan fingerprint density at radius 1 is 1.18 bits per heavy atom.